The van der Waals surface area contributed by atoms with Gasteiger partial charge in [-0.25, -0.2) is 0 Å². The van der Waals surface area contributed by atoms with Crippen LogP contribution in [0.5, 0.6) is 46.0 Å². The van der Waals surface area contributed by atoms with Crippen molar-refractivity contribution in [2.75, 3.05) is 41.4 Å². The molecule has 228 valence electrons. The van der Waals surface area contributed by atoms with Gasteiger partial charge in [0.2, 0.25) is 5.75 Å². The van der Waals surface area contributed by atoms with Crippen molar-refractivity contribution >= 4 is 0 Å². The molecular weight excluding hydrogens is 556 g/mol. The first-order valence-electron chi connectivity index (χ1n) is 15.1. The van der Waals surface area contributed by atoms with Crippen LogP contribution >= 0.6 is 0 Å². The highest BCUT2D eigenvalue weighted by molar-refractivity contribution is 5.63. The van der Waals surface area contributed by atoms with E-state index in [1.807, 2.05) is 30.3 Å². The molecule has 8 heteroatoms. The second-order valence-electron chi connectivity index (χ2n) is 12.1. The van der Waals surface area contributed by atoms with Gasteiger partial charge >= 0.3 is 0 Å². The van der Waals surface area contributed by atoms with Crippen molar-refractivity contribution in [1.82, 2.24) is 9.80 Å². The van der Waals surface area contributed by atoms with Crippen LogP contribution in [0.25, 0.3) is 0 Å². The Labute approximate surface area is 258 Å². The fraction of sp³-hybridized carbons (Fsp3) is 0.333. The third kappa shape index (κ3) is 4.98. The molecule has 8 nitrogen and oxygen atoms in total. The summed E-state index contributed by atoms with van der Waals surface area (Å²) in [5.74, 6) is 3.05. The van der Waals surface area contributed by atoms with Gasteiger partial charge in [-0.2, -0.15) is 0 Å². The van der Waals surface area contributed by atoms with Crippen LogP contribution in [0.3, 0.4) is 0 Å². The maximum absolute atomic E-state index is 11.6. The lowest BCUT2D eigenvalue weighted by Gasteiger charge is -2.37. The predicted octanol–water partition coefficient (Wildman–Crippen LogP) is 6.56. The van der Waals surface area contributed by atoms with Gasteiger partial charge in [-0.1, -0.05) is 18.2 Å². The lowest BCUT2D eigenvalue weighted by Crippen LogP contribution is -2.34. The molecule has 0 radical (unpaired) electrons. The third-order valence-electron chi connectivity index (χ3n) is 9.46. The molecule has 6 heterocycles. The van der Waals surface area contributed by atoms with E-state index in [0.717, 1.165) is 49.0 Å². The van der Waals surface area contributed by atoms with Crippen molar-refractivity contribution in [2.24, 2.45) is 0 Å². The Bertz CT molecular complexity index is 1720. The normalized spacial score (nSPS) is 19.6. The van der Waals surface area contributed by atoms with Crippen molar-refractivity contribution in [3.05, 3.63) is 94.0 Å². The first kappa shape index (κ1) is 28.4. The number of phenols is 2. The molecule has 6 aliphatic rings. The summed E-state index contributed by atoms with van der Waals surface area (Å²) in [5, 5.41) is 22.3. The summed E-state index contributed by atoms with van der Waals surface area (Å²) in [6.07, 6.45) is 3.08. The molecule has 4 aromatic carbocycles. The number of aromatic hydroxyl groups is 2. The molecule has 0 unspecified atom stereocenters. The number of likely N-dealkylation sites (N-methyl/N-ethyl adjacent to an activating group) is 2. The number of rotatable bonds is 2. The van der Waals surface area contributed by atoms with Gasteiger partial charge in [0.15, 0.2) is 34.5 Å². The van der Waals surface area contributed by atoms with E-state index in [2.05, 4.69) is 48.2 Å². The molecule has 2 atom stereocenters. The van der Waals surface area contributed by atoms with Crippen molar-refractivity contribution in [3.8, 4) is 46.0 Å². The van der Waals surface area contributed by atoms with Crippen LogP contribution in [-0.4, -0.2) is 61.4 Å². The highest BCUT2D eigenvalue weighted by Crippen LogP contribution is 2.51. The number of phenolic OH excluding ortho intramolecular Hbond substituents is 2. The lowest BCUT2D eigenvalue weighted by atomic mass is 9.87. The fourth-order valence-corrected chi connectivity index (χ4v) is 6.94. The molecule has 44 heavy (non-hydrogen) atoms. The van der Waals surface area contributed by atoms with E-state index >= 15 is 0 Å². The zero-order valence-corrected chi connectivity index (χ0v) is 25.6. The maximum atomic E-state index is 11.6. The van der Waals surface area contributed by atoms with Crippen molar-refractivity contribution in [1.29, 1.82) is 0 Å². The molecule has 0 saturated heterocycles. The van der Waals surface area contributed by atoms with Crippen LogP contribution < -0.4 is 18.9 Å². The molecule has 8 bridgehead atoms. The highest BCUT2D eigenvalue weighted by Gasteiger charge is 2.34. The van der Waals surface area contributed by atoms with Gasteiger partial charge in [-0.3, -0.25) is 9.80 Å². The van der Waals surface area contributed by atoms with Crippen LogP contribution in [0, 0.1) is 0 Å². The van der Waals surface area contributed by atoms with E-state index < -0.39 is 0 Å². The van der Waals surface area contributed by atoms with E-state index in [-0.39, 0.29) is 23.6 Å². The Morgan fingerprint density at radius 3 is 2.14 bits per heavy atom. The molecule has 0 saturated carbocycles. The Morgan fingerprint density at radius 2 is 1.39 bits per heavy atom. The Balaban J connectivity index is 1.44. The summed E-state index contributed by atoms with van der Waals surface area (Å²) in [7, 11) is 7.46. The van der Waals surface area contributed by atoms with Gasteiger partial charge in [-0.05, 0) is 110 Å². The van der Waals surface area contributed by atoms with Gasteiger partial charge < -0.3 is 29.2 Å². The Kier molecular flexibility index (Phi) is 7.26. The first-order valence-corrected chi connectivity index (χ1v) is 15.1. The first-order chi connectivity index (χ1) is 21.3. The SMILES string of the molecule is COc1cc2c3cc1Oc1c(O)c(OC)cc4c1[C@H](Cc1ccc(O)c(c1)Oc1ccc(cc1)C[C@H]2N(C)CC3)N(C)CC4. The molecule has 6 aliphatic heterocycles. The Hall–Kier alpha value is -4.40. The Morgan fingerprint density at radius 1 is 0.705 bits per heavy atom. The molecule has 0 amide bonds. The number of hydrogen-bond donors (Lipinski definition) is 2. The molecule has 4 aromatic rings. The standard InChI is InChI=1S/C36H38N2O6/c1-37-13-11-23-18-32-31(41-3)20-26(23)27(37)15-21-5-8-25(9-6-21)43-30-17-22(7-10-29(30)39)16-28-34-24(12-14-38(28)2)19-33(42-4)35(40)36(34)44-32/h5-10,17-20,27-28,39-40H,11-16H2,1-4H3/t27-,28+/m1/s1. The molecule has 2 N–H and O–H groups in total. The minimum atomic E-state index is -0.119. The molecule has 10 rings (SSSR count). The van der Waals surface area contributed by atoms with Gasteiger partial charge in [0.05, 0.1) is 14.2 Å². The zero-order valence-electron chi connectivity index (χ0n) is 25.6. The van der Waals surface area contributed by atoms with Crippen molar-refractivity contribution < 1.29 is 29.2 Å². The second-order valence-corrected chi connectivity index (χ2v) is 12.1. The fourth-order valence-electron chi connectivity index (χ4n) is 6.94. The third-order valence-corrected chi connectivity index (χ3v) is 9.46. The van der Waals surface area contributed by atoms with E-state index in [4.69, 9.17) is 18.9 Å². The summed E-state index contributed by atoms with van der Waals surface area (Å²) in [6, 6.07) is 19.7. The number of hydrogen-bond acceptors (Lipinski definition) is 8. The van der Waals surface area contributed by atoms with E-state index in [1.54, 1.807) is 20.3 Å². The molecule has 0 spiro atoms. The number of ether oxygens (including phenoxy) is 4. The number of nitrogens with zero attached hydrogens (tertiary/aromatic N) is 2. The van der Waals surface area contributed by atoms with Crippen LogP contribution in [0.4, 0.5) is 0 Å². The number of benzene rings is 4. The maximum Gasteiger partial charge on any atom is 0.201 e. The van der Waals surface area contributed by atoms with Gasteiger partial charge in [-0.15, -0.1) is 0 Å². The summed E-state index contributed by atoms with van der Waals surface area (Å²) in [6.45, 7) is 1.74. The van der Waals surface area contributed by atoms with Crippen molar-refractivity contribution in [2.45, 2.75) is 37.8 Å². The van der Waals surface area contributed by atoms with Crippen LogP contribution in [0.15, 0.2) is 60.7 Å². The van der Waals surface area contributed by atoms with Crippen LogP contribution in [-0.2, 0) is 25.7 Å². The molecule has 0 aromatic heterocycles. The summed E-state index contributed by atoms with van der Waals surface area (Å²) >= 11 is 0. The lowest BCUT2D eigenvalue weighted by molar-refractivity contribution is 0.221. The molecular formula is C36H38N2O6. The minimum Gasteiger partial charge on any atom is -0.504 e. The molecule has 0 aliphatic carbocycles. The second kappa shape index (κ2) is 11.3. The minimum absolute atomic E-state index is 0.0360. The van der Waals surface area contributed by atoms with Crippen molar-refractivity contribution in [3.63, 3.8) is 0 Å². The smallest absolute Gasteiger partial charge is 0.201 e. The average molecular weight is 595 g/mol. The van der Waals surface area contributed by atoms with Gasteiger partial charge in [0, 0.05) is 30.7 Å². The quantitative estimate of drug-likeness (QED) is 0.270. The summed E-state index contributed by atoms with van der Waals surface area (Å²) in [4.78, 5) is 4.66. The van der Waals surface area contributed by atoms with E-state index in [1.165, 1.54) is 16.7 Å². The largest absolute Gasteiger partial charge is 0.504 e. The molecule has 0 fully saturated rings. The number of methoxy groups -OCH3 is 2. The zero-order chi connectivity index (χ0) is 30.5. The van der Waals surface area contributed by atoms with E-state index in [9.17, 15) is 10.2 Å². The highest BCUT2D eigenvalue weighted by atomic mass is 16.5. The monoisotopic (exact) mass is 594 g/mol. The van der Waals surface area contributed by atoms with Crippen LogP contribution in [0.2, 0.25) is 0 Å². The van der Waals surface area contributed by atoms with Gasteiger partial charge in [0.25, 0.3) is 0 Å². The summed E-state index contributed by atoms with van der Waals surface area (Å²) < 4.78 is 24.5. The predicted molar refractivity (Wildman–Crippen MR) is 168 cm³/mol. The topological polar surface area (TPSA) is 83.9 Å². The van der Waals surface area contributed by atoms with E-state index in [0.29, 0.717) is 40.9 Å². The average Bonchev–Trinajstić information content (AvgIpc) is 3.03. The van der Waals surface area contributed by atoms with Crippen LogP contribution in [0.1, 0.15) is 45.5 Å². The van der Waals surface area contributed by atoms with Gasteiger partial charge in [0.1, 0.15) is 5.75 Å². The summed E-state index contributed by atoms with van der Waals surface area (Å²) in [5.41, 5.74) is 6.56.